The SMILES string of the molecule is O=C(Nc1nccs1)[C@H]1C[C@H](Oc2cccc3[nH]cnc23)C1. The molecular formula is C15H14N4O2S. The van der Waals surface area contributed by atoms with Gasteiger partial charge in [0, 0.05) is 17.5 Å². The highest BCUT2D eigenvalue weighted by Gasteiger charge is 2.36. The molecule has 0 unspecified atom stereocenters. The predicted octanol–water partition coefficient (Wildman–Crippen LogP) is 2.82. The smallest absolute Gasteiger partial charge is 0.229 e. The van der Waals surface area contributed by atoms with Gasteiger partial charge in [0.1, 0.15) is 17.4 Å². The van der Waals surface area contributed by atoms with Crippen LogP contribution < -0.4 is 10.1 Å². The van der Waals surface area contributed by atoms with Gasteiger partial charge in [-0.25, -0.2) is 9.97 Å². The van der Waals surface area contributed by atoms with E-state index in [2.05, 4.69) is 20.3 Å². The fourth-order valence-corrected chi connectivity index (χ4v) is 3.11. The van der Waals surface area contributed by atoms with Crippen LogP contribution in [0.15, 0.2) is 36.1 Å². The molecule has 0 saturated heterocycles. The standard InChI is InChI=1S/C15H14N4O2S/c20-14(19-15-16-4-5-22-15)9-6-10(7-9)21-12-3-1-2-11-13(12)18-8-17-11/h1-5,8-10H,6-7H2,(H,17,18)(H,16,19,20)/t9-,10-. The first-order chi connectivity index (χ1) is 10.8. The summed E-state index contributed by atoms with van der Waals surface area (Å²) in [4.78, 5) is 23.4. The molecule has 2 N–H and O–H groups in total. The Morgan fingerprint density at radius 3 is 3.09 bits per heavy atom. The first kappa shape index (κ1) is 13.3. The quantitative estimate of drug-likeness (QED) is 0.776. The summed E-state index contributed by atoms with van der Waals surface area (Å²) >= 11 is 1.42. The van der Waals surface area contributed by atoms with Crippen LogP contribution in [0, 0.1) is 5.92 Å². The predicted molar refractivity (Wildman–Crippen MR) is 84.0 cm³/mol. The van der Waals surface area contributed by atoms with Crippen molar-refractivity contribution in [3.8, 4) is 5.75 Å². The zero-order valence-electron chi connectivity index (χ0n) is 11.7. The Bertz CT molecular complexity index is 793. The Morgan fingerprint density at radius 1 is 1.36 bits per heavy atom. The van der Waals surface area contributed by atoms with Crippen LogP contribution in [0.4, 0.5) is 5.13 Å². The highest BCUT2D eigenvalue weighted by molar-refractivity contribution is 7.13. The molecule has 3 aromatic rings. The molecule has 0 aliphatic heterocycles. The number of benzene rings is 1. The summed E-state index contributed by atoms with van der Waals surface area (Å²) in [6, 6.07) is 5.80. The normalized spacial score (nSPS) is 20.5. The molecule has 1 aliphatic rings. The van der Waals surface area contributed by atoms with Crippen LogP contribution in [0.3, 0.4) is 0 Å². The molecule has 0 atom stereocenters. The van der Waals surface area contributed by atoms with E-state index in [9.17, 15) is 4.79 Å². The maximum atomic E-state index is 12.0. The van der Waals surface area contributed by atoms with Gasteiger partial charge in [0.05, 0.1) is 11.8 Å². The second-order valence-electron chi connectivity index (χ2n) is 5.29. The van der Waals surface area contributed by atoms with E-state index in [4.69, 9.17) is 4.74 Å². The highest BCUT2D eigenvalue weighted by Crippen LogP contribution is 2.34. The van der Waals surface area contributed by atoms with Crippen molar-refractivity contribution in [2.75, 3.05) is 5.32 Å². The minimum atomic E-state index is -0.00714. The molecule has 2 aromatic heterocycles. The van der Waals surface area contributed by atoms with Gasteiger partial charge in [-0.2, -0.15) is 0 Å². The summed E-state index contributed by atoms with van der Waals surface area (Å²) < 4.78 is 5.96. The van der Waals surface area contributed by atoms with Crippen LogP contribution >= 0.6 is 11.3 Å². The monoisotopic (exact) mass is 314 g/mol. The zero-order chi connectivity index (χ0) is 14.9. The lowest BCUT2D eigenvalue weighted by Crippen LogP contribution is -2.40. The maximum absolute atomic E-state index is 12.0. The highest BCUT2D eigenvalue weighted by atomic mass is 32.1. The number of aromatic nitrogens is 3. The van der Waals surface area contributed by atoms with Crippen molar-refractivity contribution in [1.29, 1.82) is 0 Å². The van der Waals surface area contributed by atoms with E-state index in [0.29, 0.717) is 5.13 Å². The number of hydrogen-bond donors (Lipinski definition) is 2. The van der Waals surface area contributed by atoms with Gasteiger partial charge < -0.3 is 15.0 Å². The Morgan fingerprint density at radius 2 is 2.27 bits per heavy atom. The summed E-state index contributed by atoms with van der Waals surface area (Å²) in [5.41, 5.74) is 1.79. The zero-order valence-corrected chi connectivity index (χ0v) is 12.5. The van der Waals surface area contributed by atoms with Gasteiger partial charge in [0.15, 0.2) is 5.13 Å². The minimum absolute atomic E-state index is 0.00714. The summed E-state index contributed by atoms with van der Waals surface area (Å²) in [6.07, 6.45) is 4.84. The fraction of sp³-hybridized carbons (Fsp3) is 0.267. The number of imidazole rings is 1. The number of carbonyl (C=O) groups excluding carboxylic acids is 1. The number of nitrogens with one attached hydrogen (secondary N) is 2. The van der Waals surface area contributed by atoms with Crippen LogP contribution in [0.2, 0.25) is 0 Å². The third-order valence-corrected chi connectivity index (χ3v) is 4.52. The fourth-order valence-electron chi connectivity index (χ4n) is 2.58. The molecular weight excluding hydrogens is 300 g/mol. The molecule has 112 valence electrons. The molecule has 22 heavy (non-hydrogen) atoms. The Labute approximate surface area is 130 Å². The lowest BCUT2D eigenvalue weighted by Gasteiger charge is -2.34. The molecule has 4 rings (SSSR count). The second-order valence-corrected chi connectivity index (χ2v) is 6.18. The Kier molecular flexibility index (Phi) is 3.27. The maximum Gasteiger partial charge on any atom is 0.229 e. The number of H-pyrrole nitrogens is 1. The summed E-state index contributed by atoms with van der Waals surface area (Å²) in [7, 11) is 0. The van der Waals surface area contributed by atoms with E-state index in [-0.39, 0.29) is 17.9 Å². The van der Waals surface area contributed by atoms with E-state index < -0.39 is 0 Å². The van der Waals surface area contributed by atoms with Crippen LogP contribution in [-0.2, 0) is 4.79 Å². The van der Waals surface area contributed by atoms with Crippen molar-refractivity contribution in [3.05, 3.63) is 36.1 Å². The number of anilines is 1. The number of fused-ring (bicyclic) bond motifs is 1. The first-order valence-corrected chi connectivity index (χ1v) is 7.96. The third kappa shape index (κ3) is 2.43. The number of rotatable bonds is 4. The largest absolute Gasteiger partial charge is 0.488 e. The number of hydrogen-bond acceptors (Lipinski definition) is 5. The van der Waals surface area contributed by atoms with E-state index in [1.807, 2.05) is 23.6 Å². The van der Waals surface area contributed by atoms with Crippen molar-refractivity contribution < 1.29 is 9.53 Å². The van der Waals surface area contributed by atoms with Gasteiger partial charge in [-0.3, -0.25) is 4.79 Å². The molecule has 0 bridgehead atoms. The van der Waals surface area contributed by atoms with Crippen molar-refractivity contribution in [2.24, 2.45) is 5.92 Å². The lowest BCUT2D eigenvalue weighted by atomic mass is 9.81. The lowest BCUT2D eigenvalue weighted by molar-refractivity contribution is -0.125. The second kappa shape index (κ2) is 5.42. The molecule has 2 heterocycles. The van der Waals surface area contributed by atoms with E-state index >= 15 is 0 Å². The van der Waals surface area contributed by atoms with Crippen molar-refractivity contribution in [3.63, 3.8) is 0 Å². The average molecular weight is 314 g/mol. The van der Waals surface area contributed by atoms with Crippen LogP contribution in [0.25, 0.3) is 11.0 Å². The molecule has 1 aliphatic carbocycles. The van der Waals surface area contributed by atoms with Gasteiger partial charge >= 0.3 is 0 Å². The van der Waals surface area contributed by atoms with Crippen LogP contribution in [0.1, 0.15) is 12.8 Å². The molecule has 7 heteroatoms. The van der Waals surface area contributed by atoms with Gasteiger partial charge in [0.2, 0.25) is 5.91 Å². The number of amides is 1. The van der Waals surface area contributed by atoms with Gasteiger partial charge in [-0.1, -0.05) is 6.07 Å². The van der Waals surface area contributed by atoms with Crippen molar-refractivity contribution >= 4 is 33.4 Å². The number of carbonyl (C=O) groups is 1. The number of aromatic amines is 1. The number of ether oxygens (including phenoxy) is 1. The number of para-hydroxylation sites is 1. The van der Waals surface area contributed by atoms with Gasteiger partial charge in [-0.05, 0) is 25.0 Å². The molecule has 1 fully saturated rings. The van der Waals surface area contributed by atoms with Crippen molar-refractivity contribution in [2.45, 2.75) is 18.9 Å². The van der Waals surface area contributed by atoms with Crippen LogP contribution in [0.5, 0.6) is 5.75 Å². The van der Waals surface area contributed by atoms with Gasteiger partial charge in [0.25, 0.3) is 0 Å². The Hall–Kier alpha value is -2.41. The molecule has 0 spiro atoms. The summed E-state index contributed by atoms with van der Waals surface area (Å²) in [5.74, 6) is 0.780. The number of thiazole rings is 1. The van der Waals surface area contributed by atoms with Gasteiger partial charge in [-0.15, -0.1) is 11.3 Å². The van der Waals surface area contributed by atoms with Crippen LogP contribution in [-0.4, -0.2) is 27.0 Å². The topological polar surface area (TPSA) is 79.9 Å². The molecule has 1 aromatic carbocycles. The van der Waals surface area contributed by atoms with E-state index in [1.165, 1.54) is 11.3 Å². The van der Waals surface area contributed by atoms with E-state index in [1.54, 1.807) is 12.5 Å². The summed E-state index contributed by atoms with van der Waals surface area (Å²) in [6.45, 7) is 0. The number of nitrogens with zero attached hydrogens (tertiary/aromatic N) is 2. The molecule has 0 radical (unpaired) electrons. The third-order valence-electron chi connectivity index (χ3n) is 3.83. The molecule has 6 nitrogen and oxygen atoms in total. The van der Waals surface area contributed by atoms with E-state index in [0.717, 1.165) is 29.6 Å². The Balaban J connectivity index is 1.35. The minimum Gasteiger partial charge on any atom is -0.488 e. The molecule has 1 amide bonds. The molecule has 1 saturated carbocycles. The average Bonchev–Trinajstić information content (AvgIpc) is 3.12. The summed E-state index contributed by atoms with van der Waals surface area (Å²) in [5, 5.41) is 5.32. The van der Waals surface area contributed by atoms with Crippen molar-refractivity contribution in [1.82, 2.24) is 15.0 Å². The first-order valence-electron chi connectivity index (χ1n) is 7.09.